The lowest BCUT2D eigenvalue weighted by Crippen LogP contribution is -2.14. The summed E-state index contributed by atoms with van der Waals surface area (Å²) >= 11 is 4.05. The molecule has 0 bridgehead atoms. The van der Waals surface area contributed by atoms with E-state index in [1.807, 2.05) is 0 Å². The zero-order chi connectivity index (χ0) is 11.7. The topological polar surface area (TPSA) is 66.6 Å². The van der Waals surface area contributed by atoms with Crippen LogP contribution in [0, 0.1) is 0 Å². The first kappa shape index (κ1) is 11.9. The summed E-state index contributed by atoms with van der Waals surface area (Å²) in [6.07, 6.45) is 1.87. The normalized spacial score (nSPS) is 23.5. The minimum absolute atomic E-state index is 0.0173. The number of hydrogen-bond acceptors (Lipinski definition) is 3. The lowest BCUT2D eigenvalue weighted by Gasteiger charge is -2.19. The van der Waals surface area contributed by atoms with E-state index in [0.29, 0.717) is 10.6 Å². The van der Waals surface area contributed by atoms with Crippen molar-refractivity contribution >= 4 is 28.5 Å². The second-order valence-electron chi connectivity index (χ2n) is 3.83. The molecule has 2 unspecified atom stereocenters. The molecule has 0 aromatic heterocycles. The first-order valence-electron chi connectivity index (χ1n) is 5.02. The van der Waals surface area contributed by atoms with Crippen LogP contribution in [0.1, 0.15) is 24.4 Å². The summed E-state index contributed by atoms with van der Waals surface area (Å²) in [5, 5.41) is 0. The average Bonchev–Trinajstić information content (AvgIpc) is 2.63. The smallest absolute Gasteiger partial charge is 0.186 e. The zero-order valence-corrected chi connectivity index (χ0v) is 10.2. The van der Waals surface area contributed by atoms with Gasteiger partial charge in [0.2, 0.25) is 0 Å². The summed E-state index contributed by atoms with van der Waals surface area (Å²) in [5.41, 5.74) is 7.04. The Bertz CT molecular complexity index is 427. The van der Waals surface area contributed by atoms with E-state index in [2.05, 4.69) is 0 Å². The molecular formula is C10H13ClN2O2S. The van der Waals surface area contributed by atoms with Gasteiger partial charge in [0.25, 0.3) is 0 Å². The molecule has 1 aromatic rings. The third-order valence-electron chi connectivity index (χ3n) is 2.77. The third-order valence-corrected chi connectivity index (χ3v) is 3.92. The molecular weight excluding hydrogens is 248 g/mol. The predicted octanol–water partition coefficient (Wildman–Crippen LogP) is 2.14. The van der Waals surface area contributed by atoms with Crippen molar-refractivity contribution in [3.8, 4) is 0 Å². The molecule has 0 saturated carbocycles. The number of anilines is 1. The van der Waals surface area contributed by atoms with E-state index in [1.54, 1.807) is 22.6 Å². The Morgan fingerprint density at radius 3 is 2.88 bits per heavy atom. The van der Waals surface area contributed by atoms with Crippen molar-refractivity contribution in [2.24, 2.45) is 0 Å². The van der Waals surface area contributed by atoms with E-state index in [4.69, 9.17) is 17.5 Å². The second-order valence-corrected chi connectivity index (χ2v) is 5.20. The fourth-order valence-corrected chi connectivity index (χ4v) is 2.93. The number of benzene rings is 1. The molecule has 1 fully saturated rings. The zero-order valence-electron chi connectivity index (χ0n) is 8.60. The molecule has 6 heteroatoms. The van der Waals surface area contributed by atoms with Gasteiger partial charge in [-0.15, -0.1) is 0 Å². The number of nitrogens with zero attached hydrogens (tertiary/aromatic N) is 1. The van der Waals surface area contributed by atoms with E-state index in [0.717, 1.165) is 24.9 Å². The Balaban J connectivity index is 2.44. The highest BCUT2D eigenvalue weighted by atomic mass is 35.5. The maximum Gasteiger partial charge on any atom is 0.186 e. The number of nitrogens with two attached hydrogens (primary N) is 1. The molecule has 1 aliphatic heterocycles. The molecule has 0 spiro atoms. The van der Waals surface area contributed by atoms with Crippen molar-refractivity contribution in [1.29, 1.82) is 0 Å². The molecule has 4 nitrogen and oxygen atoms in total. The lowest BCUT2D eigenvalue weighted by molar-refractivity contribution is 0.429. The van der Waals surface area contributed by atoms with E-state index < -0.39 is 11.1 Å². The molecule has 0 aliphatic carbocycles. The van der Waals surface area contributed by atoms with Crippen LogP contribution in [0.5, 0.6) is 0 Å². The highest BCUT2D eigenvalue weighted by Gasteiger charge is 2.27. The van der Waals surface area contributed by atoms with Crippen LogP contribution in [0.4, 0.5) is 5.69 Å². The van der Waals surface area contributed by atoms with Crippen molar-refractivity contribution in [1.82, 2.24) is 4.42 Å². The Kier molecular flexibility index (Phi) is 3.49. The van der Waals surface area contributed by atoms with Crippen LogP contribution >= 0.6 is 11.8 Å². The van der Waals surface area contributed by atoms with Gasteiger partial charge in [-0.05, 0) is 48.4 Å². The van der Waals surface area contributed by atoms with Gasteiger partial charge in [-0.1, -0.05) is 0 Å². The van der Waals surface area contributed by atoms with Crippen LogP contribution in [-0.2, 0) is 11.1 Å². The van der Waals surface area contributed by atoms with Gasteiger partial charge in [-0.25, -0.2) is 8.63 Å². The van der Waals surface area contributed by atoms with E-state index in [1.165, 1.54) is 0 Å². The molecule has 1 saturated heterocycles. The van der Waals surface area contributed by atoms with Gasteiger partial charge < -0.3 is 10.3 Å². The summed E-state index contributed by atoms with van der Waals surface area (Å²) in [7, 11) is 0. The predicted molar refractivity (Wildman–Crippen MR) is 64.4 cm³/mol. The Labute approximate surface area is 102 Å². The summed E-state index contributed by atoms with van der Waals surface area (Å²) in [6, 6.07) is 4.93. The third kappa shape index (κ3) is 2.22. The highest BCUT2D eigenvalue weighted by molar-refractivity contribution is 7.79. The van der Waals surface area contributed by atoms with Crippen LogP contribution in [0.3, 0.4) is 0 Å². The minimum atomic E-state index is -2.00. The number of hydrogen-bond donors (Lipinski definition) is 2. The fraction of sp³-hybridized carbons (Fsp3) is 0.400. The summed E-state index contributed by atoms with van der Waals surface area (Å²) in [4.78, 5) is 0.395. The van der Waals surface area contributed by atoms with Gasteiger partial charge in [0, 0.05) is 12.2 Å². The molecule has 1 heterocycles. The van der Waals surface area contributed by atoms with Crippen LogP contribution in [0.2, 0.25) is 0 Å². The Hall–Kier alpha value is -0.620. The summed E-state index contributed by atoms with van der Waals surface area (Å²) in [6.45, 7) is 0.790. The second kappa shape index (κ2) is 4.71. The van der Waals surface area contributed by atoms with Gasteiger partial charge in [-0.3, -0.25) is 0 Å². The van der Waals surface area contributed by atoms with Crippen molar-refractivity contribution in [3.63, 3.8) is 0 Å². The molecule has 2 rings (SSSR count). The van der Waals surface area contributed by atoms with Crippen molar-refractivity contribution in [3.05, 3.63) is 23.8 Å². The maximum atomic E-state index is 11.2. The first-order valence-corrected chi connectivity index (χ1v) is 6.47. The van der Waals surface area contributed by atoms with Crippen LogP contribution in [-0.4, -0.2) is 19.7 Å². The SMILES string of the molecule is Nc1ccc(S(=O)O)c(C2CCCN2Cl)c1. The maximum absolute atomic E-state index is 11.2. The van der Waals surface area contributed by atoms with Gasteiger partial charge >= 0.3 is 0 Å². The van der Waals surface area contributed by atoms with Crippen LogP contribution in [0.25, 0.3) is 0 Å². The summed E-state index contributed by atoms with van der Waals surface area (Å²) < 4.78 is 22.1. The Morgan fingerprint density at radius 2 is 2.31 bits per heavy atom. The quantitative estimate of drug-likeness (QED) is 0.486. The molecule has 88 valence electrons. The molecule has 2 atom stereocenters. The number of nitrogen functional groups attached to an aromatic ring is 1. The lowest BCUT2D eigenvalue weighted by atomic mass is 10.0. The van der Waals surface area contributed by atoms with Crippen LogP contribution < -0.4 is 5.73 Å². The summed E-state index contributed by atoms with van der Waals surface area (Å²) in [5.74, 6) is 0. The van der Waals surface area contributed by atoms with Gasteiger partial charge in [0.1, 0.15) is 0 Å². The van der Waals surface area contributed by atoms with Gasteiger partial charge in [0.15, 0.2) is 11.1 Å². The molecule has 1 aliphatic rings. The minimum Gasteiger partial charge on any atom is -0.399 e. The van der Waals surface area contributed by atoms with E-state index in [9.17, 15) is 8.76 Å². The Morgan fingerprint density at radius 1 is 1.56 bits per heavy atom. The largest absolute Gasteiger partial charge is 0.399 e. The van der Waals surface area contributed by atoms with E-state index >= 15 is 0 Å². The standard InChI is InChI=1S/C10H13ClN2O2S/c11-13-5-1-2-9(13)8-6-7(12)3-4-10(8)16(14)15/h3-4,6,9H,1-2,5,12H2,(H,14,15). The molecule has 0 radical (unpaired) electrons. The average molecular weight is 261 g/mol. The molecule has 3 N–H and O–H groups in total. The molecule has 0 amide bonds. The number of halogens is 1. The van der Waals surface area contributed by atoms with Crippen molar-refractivity contribution in [2.45, 2.75) is 23.8 Å². The fourth-order valence-electron chi connectivity index (χ4n) is 2.02. The van der Waals surface area contributed by atoms with Crippen molar-refractivity contribution < 1.29 is 8.76 Å². The molecule has 16 heavy (non-hydrogen) atoms. The number of rotatable bonds is 2. The molecule has 1 aromatic carbocycles. The van der Waals surface area contributed by atoms with Crippen molar-refractivity contribution in [2.75, 3.05) is 12.3 Å². The van der Waals surface area contributed by atoms with Gasteiger partial charge in [0.05, 0.1) is 10.9 Å². The first-order chi connectivity index (χ1) is 7.59. The van der Waals surface area contributed by atoms with E-state index in [-0.39, 0.29) is 6.04 Å². The monoisotopic (exact) mass is 260 g/mol. The van der Waals surface area contributed by atoms with Crippen LogP contribution in [0.15, 0.2) is 23.1 Å². The highest BCUT2D eigenvalue weighted by Crippen LogP contribution is 2.36. The van der Waals surface area contributed by atoms with Gasteiger partial charge in [-0.2, -0.15) is 0 Å².